The molecule has 4 aliphatic rings. The average molecular weight is 481 g/mol. The standard InChI is InChI=1S/C28H36N2O5/c1-4-29-16-27-11-7-12-28(17-29,23(27)15-20(34-3)10-13-27)18-35-26(33)21-8-5-6-9-22(21)30-24(31)14-19(2)25(30)32/h5-6,8-9,15,19-20H,4,7,10-14,16-18H2,1-3H3/t19-,20?,27+,28+/m1/s1. The number of piperidine rings is 1. The second-order valence-electron chi connectivity index (χ2n) is 10.9. The van der Waals surface area contributed by atoms with Gasteiger partial charge >= 0.3 is 5.97 Å². The van der Waals surface area contributed by atoms with Crippen LogP contribution in [0.4, 0.5) is 5.69 Å². The van der Waals surface area contributed by atoms with Crippen molar-refractivity contribution in [3.63, 3.8) is 0 Å². The van der Waals surface area contributed by atoms with E-state index in [1.807, 2.05) is 0 Å². The van der Waals surface area contributed by atoms with E-state index in [1.165, 1.54) is 12.0 Å². The Kier molecular flexibility index (Phi) is 6.34. The van der Waals surface area contributed by atoms with Crippen molar-refractivity contribution < 1.29 is 23.9 Å². The van der Waals surface area contributed by atoms with Gasteiger partial charge in [0.2, 0.25) is 11.8 Å². The quantitative estimate of drug-likeness (QED) is 0.348. The van der Waals surface area contributed by atoms with Crippen LogP contribution in [-0.4, -0.2) is 62.1 Å². The van der Waals surface area contributed by atoms with E-state index in [9.17, 15) is 14.4 Å². The number of para-hydroxylation sites is 1. The highest BCUT2D eigenvalue weighted by Crippen LogP contribution is 2.59. The molecule has 1 unspecified atom stereocenters. The Morgan fingerprint density at radius 2 is 1.94 bits per heavy atom. The van der Waals surface area contributed by atoms with E-state index in [2.05, 4.69) is 17.9 Å². The summed E-state index contributed by atoms with van der Waals surface area (Å²) in [5.41, 5.74) is 1.90. The first-order chi connectivity index (χ1) is 16.8. The van der Waals surface area contributed by atoms with Crippen molar-refractivity contribution in [2.45, 2.75) is 58.5 Å². The Labute approximate surface area is 207 Å². The van der Waals surface area contributed by atoms with Crippen LogP contribution in [0.3, 0.4) is 0 Å². The normalized spacial score (nSPS) is 32.9. The first-order valence-electron chi connectivity index (χ1n) is 12.9. The number of rotatable bonds is 6. The number of likely N-dealkylation sites (tertiary alicyclic amines) is 1. The van der Waals surface area contributed by atoms with Gasteiger partial charge in [-0.25, -0.2) is 9.69 Å². The molecule has 7 heteroatoms. The molecule has 3 fully saturated rings. The molecule has 1 aromatic carbocycles. The van der Waals surface area contributed by atoms with Gasteiger partial charge in [-0.3, -0.25) is 9.59 Å². The first-order valence-corrected chi connectivity index (χ1v) is 12.9. The summed E-state index contributed by atoms with van der Waals surface area (Å²) in [6.07, 6.45) is 7.98. The number of esters is 1. The van der Waals surface area contributed by atoms with Gasteiger partial charge in [-0.15, -0.1) is 0 Å². The highest BCUT2D eigenvalue weighted by Gasteiger charge is 2.56. The lowest BCUT2D eigenvalue weighted by atomic mass is 9.52. The fourth-order valence-electron chi connectivity index (χ4n) is 6.98. The van der Waals surface area contributed by atoms with Crippen LogP contribution in [0.15, 0.2) is 35.9 Å². The molecule has 1 saturated carbocycles. The summed E-state index contributed by atoms with van der Waals surface area (Å²) in [5.74, 6) is -1.41. The predicted molar refractivity (Wildman–Crippen MR) is 132 cm³/mol. The van der Waals surface area contributed by atoms with Gasteiger partial charge in [0, 0.05) is 43.4 Å². The minimum Gasteiger partial charge on any atom is -0.461 e. The molecule has 2 heterocycles. The van der Waals surface area contributed by atoms with Crippen molar-refractivity contribution in [1.29, 1.82) is 0 Å². The lowest BCUT2D eigenvalue weighted by Gasteiger charge is -2.59. The number of carbonyl (C=O) groups excluding carboxylic acids is 3. The third kappa shape index (κ3) is 4.02. The molecule has 4 atom stereocenters. The molecule has 7 nitrogen and oxygen atoms in total. The zero-order valence-corrected chi connectivity index (χ0v) is 21.0. The highest BCUT2D eigenvalue weighted by atomic mass is 16.5. The number of benzene rings is 1. The lowest BCUT2D eigenvalue weighted by molar-refractivity contribution is -0.122. The lowest BCUT2D eigenvalue weighted by Crippen LogP contribution is -2.59. The molecule has 0 spiro atoms. The molecule has 2 aliphatic carbocycles. The van der Waals surface area contributed by atoms with Crippen molar-refractivity contribution in [2.75, 3.05) is 38.3 Å². The number of hydrogen-bond donors (Lipinski definition) is 0. The van der Waals surface area contributed by atoms with Crippen molar-refractivity contribution in [1.82, 2.24) is 4.90 Å². The molecule has 1 aromatic rings. The van der Waals surface area contributed by atoms with Crippen molar-refractivity contribution in [3.05, 3.63) is 41.5 Å². The van der Waals surface area contributed by atoms with Gasteiger partial charge < -0.3 is 14.4 Å². The Bertz CT molecular complexity index is 1070. The van der Waals surface area contributed by atoms with Crippen molar-refractivity contribution in [2.24, 2.45) is 16.7 Å². The van der Waals surface area contributed by atoms with E-state index >= 15 is 0 Å². The zero-order chi connectivity index (χ0) is 24.8. The first kappa shape index (κ1) is 24.2. The third-order valence-electron chi connectivity index (χ3n) is 8.73. The fraction of sp³-hybridized carbons (Fsp3) is 0.607. The van der Waals surface area contributed by atoms with E-state index in [1.54, 1.807) is 38.3 Å². The number of hydrogen-bond acceptors (Lipinski definition) is 6. The van der Waals surface area contributed by atoms with Crippen LogP contribution in [0.1, 0.15) is 62.7 Å². The number of nitrogens with zero attached hydrogens (tertiary/aromatic N) is 2. The Morgan fingerprint density at radius 1 is 1.14 bits per heavy atom. The second kappa shape index (κ2) is 9.17. The molecule has 5 rings (SSSR count). The minimum absolute atomic E-state index is 0.106. The Hall–Kier alpha value is -2.51. The number of carbonyl (C=O) groups is 3. The van der Waals surface area contributed by atoms with Gasteiger partial charge in [0.25, 0.3) is 0 Å². The topological polar surface area (TPSA) is 76.2 Å². The van der Waals surface area contributed by atoms with E-state index < -0.39 is 5.97 Å². The van der Waals surface area contributed by atoms with Gasteiger partial charge in [0.1, 0.15) is 6.61 Å². The molecule has 0 aromatic heterocycles. The number of imide groups is 1. The number of amides is 2. The Morgan fingerprint density at radius 3 is 2.66 bits per heavy atom. The summed E-state index contributed by atoms with van der Waals surface area (Å²) >= 11 is 0. The maximum Gasteiger partial charge on any atom is 0.340 e. The summed E-state index contributed by atoms with van der Waals surface area (Å²) in [6, 6.07) is 6.78. The molecule has 35 heavy (non-hydrogen) atoms. The van der Waals surface area contributed by atoms with Gasteiger partial charge in [0.05, 0.1) is 17.4 Å². The van der Waals surface area contributed by atoms with Crippen molar-refractivity contribution in [3.8, 4) is 0 Å². The van der Waals surface area contributed by atoms with Crippen LogP contribution < -0.4 is 4.90 Å². The van der Waals surface area contributed by atoms with Gasteiger partial charge in [-0.1, -0.05) is 44.1 Å². The molecule has 2 amide bonds. The molecule has 0 N–H and O–H groups in total. The molecule has 2 saturated heterocycles. The molecular formula is C28H36N2O5. The third-order valence-corrected chi connectivity index (χ3v) is 8.73. The van der Waals surface area contributed by atoms with Gasteiger partial charge in [-0.05, 0) is 44.4 Å². The Balaban J connectivity index is 1.43. The summed E-state index contributed by atoms with van der Waals surface area (Å²) in [4.78, 5) is 42.3. The van der Waals surface area contributed by atoms with Crippen LogP contribution >= 0.6 is 0 Å². The molecule has 188 valence electrons. The van der Waals surface area contributed by atoms with Gasteiger partial charge in [-0.2, -0.15) is 0 Å². The van der Waals surface area contributed by atoms with Crippen molar-refractivity contribution >= 4 is 23.5 Å². The SMILES string of the molecule is CCN1C[C@@]23CCC[C@@](COC(=O)c4ccccc4N4C(=O)C[C@@H](C)C4=O)(C1)C2=CC(OC)CC3. The molecular weight excluding hydrogens is 444 g/mol. The predicted octanol–water partition coefficient (Wildman–Crippen LogP) is 3.97. The smallest absolute Gasteiger partial charge is 0.340 e. The van der Waals surface area contributed by atoms with Crippen LogP contribution in [0, 0.1) is 16.7 Å². The van der Waals surface area contributed by atoms with Gasteiger partial charge in [0.15, 0.2) is 0 Å². The number of methoxy groups -OCH3 is 1. The van der Waals surface area contributed by atoms with Crippen LogP contribution in [0.5, 0.6) is 0 Å². The largest absolute Gasteiger partial charge is 0.461 e. The molecule has 2 bridgehead atoms. The number of anilines is 1. The van der Waals surface area contributed by atoms with E-state index in [4.69, 9.17) is 9.47 Å². The van der Waals surface area contributed by atoms with Crippen LogP contribution in [0.2, 0.25) is 0 Å². The number of ether oxygens (including phenoxy) is 2. The minimum atomic E-state index is -0.486. The average Bonchev–Trinajstić information content (AvgIpc) is 3.12. The zero-order valence-electron chi connectivity index (χ0n) is 21.0. The maximum atomic E-state index is 13.4. The van der Waals surface area contributed by atoms with E-state index in [-0.39, 0.29) is 46.7 Å². The summed E-state index contributed by atoms with van der Waals surface area (Å²) in [5, 5.41) is 0. The summed E-state index contributed by atoms with van der Waals surface area (Å²) in [7, 11) is 1.77. The van der Waals surface area contributed by atoms with E-state index in [0.29, 0.717) is 12.3 Å². The fourth-order valence-corrected chi connectivity index (χ4v) is 6.98. The van der Waals surface area contributed by atoms with E-state index in [0.717, 1.165) is 50.2 Å². The summed E-state index contributed by atoms with van der Waals surface area (Å²) < 4.78 is 11.8. The highest BCUT2D eigenvalue weighted by molar-refractivity contribution is 6.22. The van der Waals surface area contributed by atoms with Crippen LogP contribution in [0.25, 0.3) is 0 Å². The molecule has 2 aliphatic heterocycles. The maximum absolute atomic E-state index is 13.4. The molecule has 0 radical (unpaired) electrons. The summed E-state index contributed by atoms with van der Waals surface area (Å²) in [6.45, 7) is 7.12. The van der Waals surface area contributed by atoms with Crippen LogP contribution in [-0.2, 0) is 19.1 Å². The monoisotopic (exact) mass is 480 g/mol. The second-order valence-corrected chi connectivity index (χ2v) is 10.9.